The normalized spacial score (nSPS) is 10.7. The summed E-state index contributed by atoms with van der Waals surface area (Å²) in [4.78, 5) is 9.32. The van der Waals surface area contributed by atoms with Crippen LogP contribution in [0.3, 0.4) is 0 Å². The zero-order chi connectivity index (χ0) is 15.6. The van der Waals surface area contributed by atoms with Gasteiger partial charge in [0.1, 0.15) is 11.6 Å². The van der Waals surface area contributed by atoms with Gasteiger partial charge in [0, 0.05) is 12.1 Å². The van der Waals surface area contributed by atoms with Gasteiger partial charge in [0.25, 0.3) is 0 Å². The van der Waals surface area contributed by atoms with E-state index in [-0.39, 0.29) is 0 Å². The quantitative estimate of drug-likeness (QED) is 0.764. The Balaban J connectivity index is 2.60. The first-order valence-corrected chi connectivity index (χ1v) is 8.16. The van der Waals surface area contributed by atoms with E-state index in [9.17, 15) is 5.11 Å². The van der Waals surface area contributed by atoms with Gasteiger partial charge in [-0.2, -0.15) is 0 Å². The lowest BCUT2D eigenvalue weighted by molar-refractivity contribution is 0.467. The summed E-state index contributed by atoms with van der Waals surface area (Å²) in [5, 5.41) is 13.2. The van der Waals surface area contributed by atoms with E-state index in [0.717, 1.165) is 44.7 Å². The van der Waals surface area contributed by atoms with Crippen LogP contribution in [0.2, 0.25) is 0 Å². The summed E-state index contributed by atoms with van der Waals surface area (Å²) in [5.41, 5.74) is 3.67. The first-order chi connectivity index (χ1) is 9.97. The fourth-order valence-electron chi connectivity index (χ4n) is 2.23. The number of phenols is 1. The Hall–Kier alpha value is -1.37. The molecule has 2 N–H and O–H groups in total. The molecule has 21 heavy (non-hydrogen) atoms. The predicted octanol–water partition coefficient (Wildman–Crippen LogP) is 4.06. The number of aryl methyl sites for hydroxylation is 3. The molecule has 0 aliphatic carbocycles. The van der Waals surface area contributed by atoms with E-state index in [2.05, 4.69) is 51.7 Å². The molecule has 0 radical (unpaired) electrons. The second kappa shape index (κ2) is 6.60. The van der Waals surface area contributed by atoms with Crippen molar-refractivity contribution in [3.8, 4) is 17.1 Å². The Labute approximate surface area is 139 Å². The molecule has 0 fully saturated rings. The minimum absolute atomic E-state index is 0.340. The Kier molecular flexibility index (Phi) is 5.03. The molecular weight excluding hydrogens is 377 g/mol. The molecule has 0 saturated carbocycles. The van der Waals surface area contributed by atoms with Gasteiger partial charge >= 0.3 is 0 Å². The van der Waals surface area contributed by atoms with E-state index in [1.807, 2.05) is 26.0 Å². The number of rotatable bonds is 4. The smallest absolute Gasteiger partial charge is 0.161 e. The molecule has 0 bridgehead atoms. The SMILES string of the molecule is CCNc1nc(-c2cc(C)c(O)c(C)c2)nc(CC)c1I. The number of nitrogens with zero attached hydrogens (tertiary/aromatic N) is 2. The molecular formula is C16H20IN3O. The van der Waals surface area contributed by atoms with Gasteiger partial charge in [0.15, 0.2) is 5.82 Å². The lowest BCUT2D eigenvalue weighted by atomic mass is 10.1. The van der Waals surface area contributed by atoms with E-state index < -0.39 is 0 Å². The van der Waals surface area contributed by atoms with Gasteiger partial charge in [0.2, 0.25) is 0 Å². The number of aromatic nitrogens is 2. The Morgan fingerprint density at radius 1 is 1.14 bits per heavy atom. The molecule has 0 aliphatic rings. The molecule has 2 rings (SSSR count). The molecule has 0 amide bonds. The van der Waals surface area contributed by atoms with E-state index in [0.29, 0.717) is 11.6 Å². The summed E-state index contributed by atoms with van der Waals surface area (Å²) >= 11 is 2.29. The Morgan fingerprint density at radius 2 is 1.76 bits per heavy atom. The summed E-state index contributed by atoms with van der Waals surface area (Å²) in [6.07, 6.45) is 0.863. The zero-order valence-corrected chi connectivity index (χ0v) is 14.9. The lowest BCUT2D eigenvalue weighted by Gasteiger charge is -2.13. The van der Waals surface area contributed by atoms with Crippen LogP contribution >= 0.6 is 22.6 Å². The van der Waals surface area contributed by atoms with E-state index in [1.54, 1.807) is 0 Å². The van der Waals surface area contributed by atoms with Crippen molar-refractivity contribution < 1.29 is 5.11 Å². The van der Waals surface area contributed by atoms with Crippen LogP contribution in [0.5, 0.6) is 5.75 Å². The standard InChI is InChI=1S/C16H20IN3O/c1-5-12-13(17)16(18-6-2)20-15(19-12)11-7-9(3)14(21)10(4)8-11/h7-8,21H,5-6H2,1-4H3,(H,18,19,20). The maximum Gasteiger partial charge on any atom is 0.161 e. The fraction of sp³-hybridized carbons (Fsp3) is 0.375. The van der Waals surface area contributed by atoms with Crippen molar-refractivity contribution in [1.29, 1.82) is 0 Å². The minimum Gasteiger partial charge on any atom is -0.507 e. The zero-order valence-electron chi connectivity index (χ0n) is 12.8. The highest BCUT2D eigenvalue weighted by atomic mass is 127. The third kappa shape index (κ3) is 3.28. The maximum absolute atomic E-state index is 9.91. The number of nitrogens with one attached hydrogen (secondary N) is 1. The molecule has 0 unspecified atom stereocenters. The molecule has 4 nitrogen and oxygen atoms in total. The average Bonchev–Trinajstić information content (AvgIpc) is 2.46. The van der Waals surface area contributed by atoms with E-state index >= 15 is 0 Å². The van der Waals surface area contributed by atoms with Crippen LogP contribution in [0, 0.1) is 17.4 Å². The highest BCUT2D eigenvalue weighted by molar-refractivity contribution is 14.1. The summed E-state index contributed by atoms with van der Waals surface area (Å²) < 4.78 is 1.08. The molecule has 0 saturated heterocycles. The van der Waals surface area contributed by atoms with Crippen molar-refractivity contribution in [2.45, 2.75) is 34.1 Å². The molecule has 1 heterocycles. The van der Waals surface area contributed by atoms with Crippen LogP contribution in [0.25, 0.3) is 11.4 Å². The summed E-state index contributed by atoms with van der Waals surface area (Å²) in [6.45, 7) is 8.76. The minimum atomic E-state index is 0.340. The monoisotopic (exact) mass is 397 g/mol. The Morgan fingerprint density at radius 3 is 2.29 bits per heavy atom. The van der Waals surface area contributed by atoms with E-state index in [4.69, 9.17) is 0 Å². The number of halogens is 1. The second-order valence-corrected chi connectivity index (χ2v) is 6.08. The number of benzene rings is 1. The topological polar surface area (TPSA) is 58.0 Å². The van der Waals surface area contributed by atoms with Crippen molar-refractivity contribution in [2.75, 3.05) is 11.9 Å². The number of phenolic OH excluding ortho intramolecular Hbond substituents is 1. The van der Waals surface area contributed by atoms with Crippen molar-refractivity contribution in [3.05, 3.63) is 32.5 Å². The summed E-state index contributed by atoms with van der Waals surface area (Å²) in [5.74, 6) is 1.92. The van der Waals surface area contributed by atoms with Gasteiger partial charge in [-0.25, -0.2) is 9.97 Å². The fourth-order valence-corrected chi connectivity index (χ4v) is 3.04. The van der Waals surface area contributed by atoms with Crippen LogP contribution in [-0.4, -0.2) is 21.6 Å². The molecule has 0 spiro atoms. The first kappa shape index (κ1) is 16.0. The Bertz CT molecular complexity index is 648. The van der Waals surface area contributed by atoms with Gasteiger partial charge in [-0.05, 0) is 73.0 Å². The number of aromatic hydroxyl groups is 1. The van der Waals surface area contributed by atoms with Crippen LogP contribution in [0.4, 0.5) is 5.82 Å². The maximum atomic E-state index is 9.91. The molecule has 0 atom stereocenters. The largest absolute Gasteiger partial charge is 0.507 e. The van der Waals surface area contributed by atoms with Gasteiger partial charge in [-0.15, -0.1) is 0 Å². The molecule has 1 aromatic carbocycles. The third-order valence-electron chi connectivity index (χ3n) is 3.35. The number of hydrogen-bond acceptors (Lipinski definition) is 4. The van der Waals surface area contributed by atoms with Gasteiger partial charge in [-0.1, -0.05) is 6.92 Å². The number of hydrogen-bond donors (Lipinski definition) is 2. The lowest BCUT2D eigenvalue weighted by Crippen LogP contribution is -2.07. The van der Waals surface area contributed by atoms with Crippen LogP contribution in [0.15, 0.2) is 12.1 Å². The highest BCUT2D eigenvalue weighted by Gasteiger charge is 2.13. The van der Waals surface area contributed by atoms with Crippen molar-refractivity contribution in [1.82, 2.24) is 9.97 Å². The second-order valence-electron chi connectivity index (χ2n) is 5.00. The van der Waals surface area contributed by atoms with Gasteiger partial charge < -0.3 is 10.4 Å². The van der Waals surface area contributed by atoms with Gasteiger partial charge in [0.05, 0.1) is 9.26 Å². The van der Waals surface area contributed by atoms with Crippen LogP contribution < -0.4 is 5.32 Å². The summed E-state index contributed by atoms with van der Waals surface area (Å²) in [6, 6.07) is 3.86. The van der Waals surface area contributed by atoms with Crippen LogP contribution in [-0.2, 0) is 6.42 Å². The van der Waals surface area contributed by atoms with Crippen molar-refractivity contribution in [3.63, 3.8) is 0 Å². The number of anilines is 1. The first-order valence-electron chi connectivity index (χ1n) is 7.08. The van der Waals surface area contributed by atoms with Crippen molar-refractivity contribution in [2.24, 2.45) is 0 Å². The average molecular weight is 397 g/mol. The molecule has 2 aromatic rings. The third-order valence-corrected chi connectivity index (χ3v) is 4.48. The summed E-state index contributed by atoms with van der Waals surface area (Å²) in [7, 11) is 0. The van der Waals surface area contributed by atoms with E-state index in [1.165, 1.54) is 0 Å². The highest BCUT2D eigenvalue weighted by Crippen LogP contribution is 2.29. The molecule has 0 aliphatic heterocycles. The van der Waals surface area contributed by atoms with Gasteiger partial charge in [-0.3, -0.25) is 0 Å². The molecule has 1 aromatic heterocycles. The van der Waals surface area contributed by atoms with Crippen molar-refractivity contribution >= 4 is 28.4 Å². The molecule has 5 heteroatoms. The predicted molar refractivity (Wildman–Crippen MR) is 94.9 cm³/mol. The van der Waals surface area contributed by atoms with Crippen LogP contribution in [0.1, 0.15) is 30.7 Å². The molecule has 112 valence electrons.